The Bertz CT molecular complexity index is 1360. The number of carbonyl (C=O) groups excluding carboxylic acids is 1. The van der Waals surface area contributed by atoms with Gasteiger partial charge in [0, 0.05) is 39.3 Å². The van der Waals surface area contributed by atoms with Crippen molar-refractivity contribution < 1.29 is 17.9 Å². The minimum Gasteiger partial charge on any atom is -0.375 e. The molecule has 4 heterocycles. The molecule has 3 saturated heterocycles. The molecule has 0 radical (unpaired) electrons. The van der Waals surface area contributed by atoms with Gasteiger partial charge in [-0.25, -0.2) is 13.4 Å². The van der Waals surface area contributed by atoms with Gasteiger partial charge >= 0.3 is 0 Å². The Kier molecular flexibility index (Phi) is 6.63. The molecule has 3 aliphatic heterocycles. The van der Waals surface area contributed by atoms with E-state index in [1.54, 1.807) is 24.3 Å². The second-order valence-corrected chi connectivity index (χ2v) is 14.5. The standard InChI is InChI=1S/C29H39N5O4S/c1-21-18-33(15-16-38-21)26-6-4-5-25(30-26)31-27(35)23-8-7-22(39(36,37)34-19-28(2,3)20-34)17-24(23)32-13-11-29(9-10-29)12-14-32/h4-8,17,21H,9-16,18-20H2,1-3H3,(H,30,31,35)/t21-/m1/s1. The lowest BCUT2D eigenvalue weighted by Crippen LogP contribution is -2.55. The first kappa shape index (κ1) is 26.5. The van der Waals surface area contributed by atoms with Crippen molar-refractivity contribution in [2.24, 2.45) is 10.8 Å². The predicted octanol–water partition coefficient (Wildman–Crippen LogP) is 3.97. The van der Waals surface area contributed by atoms with Crippen LogP contribution in [-0.4, -0.2) is 75.6 Å². The number of aromatic nitrogens is 1. The molecule has 210 valence electrons. The number of amides is 1. The highest BCUT2D eigenvalue weighted by atomic mass is 32.2. The summed E-state index contributed by atoms with van der Waals surface area (Å²) in [5.41, 5.74) is 1.61. The summed E-state index contributed by atoms with van der Waals surface area (Å²) < 4.78 is 34.0. The van der Waals surface area contributed by atoms with E-state index < -0.39 is 10.0 Å². The Hall–Kier alpha value is -2.69. The van der Waals surface area contributed by atoms with Gasteiger partial charge in [0.15, 0.2) is 0 Å². The van der Waals surface area contributed by atoms with Gasteiger partial charge in [0.05, 0.1) is 28.9 Å². The van der Waals surface area contributed by atoms with Crippen LogP contribution in [0.3, 0.4) is 0 Å². The van der Waals surface area contributed by atoms with Crippen molar-refractivity contribution >= 4 is 33.3 Å². The molecule has 1 N–H and O–H groups in total. The van der Waals surface area contributed by atoms with Gasteiger partial charge in [-0.2, -0.15) is 4.31 Å². The minimum atomic E-state index is -3.62. The Morgan fingerprint density at radius 1 is 1.03 bits per heavy atom. The summed E-state index contributed by atoms with van der Waals surface area (Å²) in [5.74, 6) is 0.983. The van der Waals surface area contributed by atoms with Crippen LogP contribution in [0.5, 0.6) is 0 Å². The molecule has 1 aromatic carbocycles. The lowest BCUT2D eigenvalue weighted by Gasteiger charge is -2.44. The number of anilines is 3. The molecule has 6 rings (SSSR count). The fourth-order valence-corrected chi connectivity index (χ4v) is 7.97. The SMILES string of the molecule is C[C@@H]1CN(c2cccc(NC(=O)c3ccc(S(=O)(=O)N4CC(C)(C)C4)cc3N3CCC4(CC3)CC4)n2)CCO1. The smallest absolute Gasteiger partial charge is 0.258 e. The number of rotatable bonds is 6. The summed E-state index contributed by atoms with van der Waals surface area (Å²) >= 11 is 0. The number of hydrogen-bond acceptors (Lipinski definition) is 7. The van der Waals surface area contributed by atoms with E-state index >= 15 is 0 Å². The number of ether oxygens (including phenoxy) is 1. The van der Waals surface area contributed by atoms with Gasteiger partial charge in [-0.1, -0.05) is 19.9 Å². The van der Waals surface area contributed by atoms with Crippen LogP contribution in [0.4, 0.5) is 17.3 Å². The second-order valence-electron chi connectivity index (χ2n) is 12.6. The van der Waals surface area contributed by atoms with E-state index in [4.69, 9.17) is 9.72 Å². The van der Waals surface area contributed by atoms with E-state index in [0.29, 0.717) is 42.2 Å². The first-order valence-electron chi connectivity index (χ1n) is 14.1. The van der Waals surface area contributed by atoms with E-state index in [9.17, 15) is 13.2 Å². The van der Waals surface area contributed by atoms with Gasteiger partial charge in [0.1, 0.15) is 11.6 Å². The zero-order chi connectivity index (χ0) is 27.4. The topological polar surface area (TPSA) is 95.1 Å². The maximum Gasteiger partial charge on any atom is 0.258 e. The van der Waals surface area contributed by atoms with Crippen LogP contribution < -0.4 is 15.1 Å². The van der Waals surface area contributed by atoms with Gasteiger partial charge in [-0.15, -0.1) is 0 Å². The van der Waals surface area contributed by atoms with E-state index in [2.05, 4.69) is 29.0 Å². The number of benzene rings is 1. The van der Waals surface area contributed by atoms with Crippen molar-refractivity contribution in [2.45, 2.75) is 57.5 Å². The predicted molar refractivity (Wildman–Crippen MR) is 152 cm³/mol. The van der Waals surface area contributed by atoms with Gasteiger partial charge in [0.2, 0.25) is 10.0 Å². The third kappa shape index (κ3) is 5.38. The highest BCUT2D eigenvalue weighted by Gasteiger charge is 2.45. The molecule has 4 fully saturated rings. The Balaban J connectivity index is 1.27. The number of piperidine rings is 1. The minimum absolute atomic E-state index is 0.0119. The number of sulfonamides is 1. The average molecular weight is 554 g/mol. The normalized spacial score (nSPS) is 24.3. The Labute approximate surface area is 231 Å². The van der Waals surface area contributed by atoms with Crippen molar-refractivity contribution in [2.75, 3.05) is 61.0 Å². The molecule has 10 heteroatoms. The second kappa shape index (κ2) is 9.74. The van der Waals surface area contributed by atoms with Crippen molar-refractivity contribution in [1.29, 1.82) is 0 Å². The van der Waals surface area contributed by atoms with Gasteiger partial charge in [0.25, 0.3) is 5.91 Å². The quantitative estimate of drug-likeness (QED) is 0.578. The fraction of sp³-hybridized carbons (Fsp3) is 0.586. The van der Waals surface area contributed by atoms with Crippen molar-refractivity contribution in [3.05, 3.63) is 42.0 Å². The monoisotopic (exact) mass is 553 g/mol. The first-order valence-corrected chi connectivity index (χ1v) is 15.5. The third-order valence-corrected chi connectivity index (χ3v) is 10.5. The van der Waals surface area contributed by atoms with Crippen LogP contribution in [-0.2, 0) is 14.8 Å². The first-order chi connectivity index (χ1) is 18.5. The van der Waals surface area contributed by atoms with Crippen LogP contribution in [0.25, 0.3) is 0 Å². The van der Waals surface area contributed by atoms with Gasteiger partial charge in [-0.05, 0) is 73.8 Å². The van der Waals surface area contributed by atoms with E-state index in [1.165, 1.54) is 17.1 Å². The number of morpholine rings is 1. The highest BCUT2D eigenvalue weighted by molar-refractivity contribution is 7.89. The van der Waals surface area contributed by atoms with E-state index in [-0.39, 0.29) is 22.3 Å². The molecule has 0 unspecified atom stereocenters. The summed E-state index contributed by atoms with van der Waals surface area (Å²) in [5, 5.41) is 2.98. The van der Waals surface area contributed by atoms with E-state index in [0.717, 1.165) is 44.8 Å². The van der Waals surface area contributed by atoms with Crippen LogP contribution in [0, 0.1) is 10.8 Å². The zero-order valence-electron chi connectivity index (χ0n) is 23.1. The molecule has 1 amide bonds. The van der Waals surface area contributed by atoms with Crippen LogP contribution in [0.1, 0.15) is 56.8 Å². The maximum absolute atomic E-state index is 13.6. The summed E-state index contributed by atoms with van der Waals surface area (Å²) in [6.07, 6.45) is 4.83. The number of pyridine rings is 1. The Morgan fingerprint density at radius 3 is 2.44 bits per heavy atom. The van der Waals surface area contributed by atoms with Crippen LogP contribution >= 0.6 is 0 Å². The van der Waals surface area contributed by atoms with Crippen molar-refractivity contribution in [1.82, 2.24) is 9.29 Å². The molecule has 0 bridgehead atoms. The van der Waals surface area contributed by atoms with Gasteiger partial charge < -0.3 is 19.9 Å². The van der Waals surface area contributed by atoms with Crippen molar-refractivity contribution in [3.8, 4) is 0 Å². The van der Waals surface area contributed by atoms with Crippen molar-refractivity contribution in [3.63, 3.8) is 0 Å². The van der Waals surface area contributed by atoms with Crippen LogP contribution in [0.2, 0.25) is 0 Å². The zero-order valence-corrected chi connectivity index (χ0v) is 24.0. The summed E-state index contributed by atoms with van der Waals surface area (Å²) in [4.78, 5) is 22.9. The fourth-order valence-electron chi connectivity index (χ4n) is 6.13. The molecule has 1 atom stereocenters. The molecule has 4 aliphatic rings. The number of nitrogens with one attached hydrogen (secondary N) is 1. The Morgan fingerprint density at radius 2 is 1.77 bits per heavy atom. The molecule has 1 saturated carbocycles. The number of carbonyl (C=O) groups is 1. The summed E-state index contributed by atoms with van der Waals surface area (Å²) in [6, 6.07) is 10.6. The van der Waals surface area contributed by atoms with E-state index in [1.807, 2.05) is 19.1 Å². The average Bonchev–Trinajstić information content (AvgIpc) is 3.66. The van der Waals surface area contributed by atoms with Gasteiger partial charge in [-0.3, -0.25) is 4.79 Å². The lowest BCUT2D eigenvalue weighted by atomic mass is 9.87. The molecular weight excluding hydrogens is 514 g/mol. The third-order valence-electron chi connectivity index (χ3n) is 8.72. The molecule has 39 heavy (non-hydrogen) atoms. The molecule has 9 nitrogen and oxygen atoms in total. The molecule has 1 spiro atoms. The molecule has 2 aromatic rings. The summed E-state index contributed by atoms with van der Waals surface area (Å²) in [6.45, 7) is 11.0. The largest absolute Gasteiger partial charge is 0.375 e. The highest BCUT2D eigenvalue weighted by Crippen LogP contribution is 2.54. The molecule has 1 aromatic heterocycles. The lowest BCUT2D eigenvalue weighted by molar-refractivity contribution is 0.0529. The number of hydrogen-bond donors (Lipinski definition) is 1. The van der Waals surface area contributed by atoms with Crippen LogP contribution in [0.15, 0.2) is 41.3 Å². The summed E-state index contributed by atoms with van der Waals surface area (Å²) in [7, 11) is -3.62. The molecule has 1 aliphatic carbocycles. The maximum atomic E-state index is 13.6. The number of nitrogens with zero attached hydrogens (tertiary/aromatic N) is 4. The molecular formula is C29H39N5O4S.